The third-order valence-corrected chi connectivity index (χ3v) is 7.64. The van der Waals surface area contributed by atoms with Crippen LogP contribution in [0.25, 0.3) is 0 Å². The molecule has 2 atom stereocenters. The second kappa shape index (κ2) is 8.98. The van der Waals surface area contributed by atoms with Crippen molar-refractivity contribution in [3.05, 3.63) is 0 Å². The molecule has 0 N–H and O–H groups in total. The molecule has 0 aliphatic rings. The molecule has 0 rings (SSSR count). The normalized spacial score (nSPS) is 17.1. The molecular formula is C13H18F12O2Si. The van der Waals surface area contributed by atoms with Gasteiger partial charge in [-0.3, -0.25) is 0 Å². The van der Waals surface area contributed by atoms with Gasteiger partial charge >= 0.3 is 32.3 Å². The highest BCUT2D eigenvalue weighted by Gasteiger charge is 2.86. The summed E-state index contributed by atoms with van der Waals surface area (Å²) in [5, 5.41) is 0. The molecule has 0 amide bonds. The minimum Gasteiger partial charge on any atom is -0.396 e. The lowest BCUT2D eigenvalue weighted by atomic mass is 9.96. The van der Waals surface area contributed by atoms with E-state index in [0.29, 0.717) is 14.2 Å². The highest BCUT2D eigenvalue weighted by Crippen LogP contribution is 2.57. The molecule has 28 heavy (non-hydrogen) atoms. The SMILES string of the molecule is CCCC[Si](OC)(OC)C(F)C(F)(F)C(F)(F)C(F)(F)C(F)(F)C(F)C(F)F. The van der Waals surface area contributed by atoms with E-state index in [1.54, 1.807) is 0 Å². The Morgan fingerprint density at radius 3 is 1.46 bits per heavy atom. The highest BCUT2D eigenvalue weighted by molar-refractivity contribution is 6.69. The lowest BCUT2D eigenvalue weighted by Crippen LogP contribution is -2.71. The Morgan fingerprint density at radius 1 is 0.750 bits per heavy atom. The zero-order chi connectivity index (χ0) is 22.8. The fourth-order valence-corrected chi connectivity index (χ4v) is 5.05. The molecule has 0 saturated heterocycles. The van der Waals surface area contributed by atoms with Crippen molar-refractivity contribution in [1.29, 1.82) is 0 Å². The summed E-state index contributed by atoms with van der Waals surface area (Å²) in [7, 11) is -3.89. The summed E-state index contributed by atoms with van der Waals surface area (Å²) in [6.45, 7) is 1.46. The van der Waals surface area contributed by atoms with Gasteiger partial charge in [0.15, 0.2) is 0 Å². The standard InChI is InChI=1S/C13H18F12O2Si/c1-4-5-6-28(26-2,27-3)9(17)11(20,21)13(24,25)12(22,23)10(18,19)7(14)8(15)16/h7-9H,4-6H2,1-3H3. The molecule has 2 unspecified atom stereocenters. The summed E-state index contributed by atoms with van der Waals surface area (Å²) < 4.78 is 169. The van der Waals surface area contributed by atoms with Crippen LogP contribution in [0.1, 0.15) is 19.8 Å². The molecule has 170 valence electrons. The van der Waals surface area contributed by atoms with E-state index < -0.39 is 56.7 Å². The van der Waals surface area contributed by atoms with Crippen LogP contribution in [-0.4, -0.2) is 64.9 Å². The Morgan fingerprint density at radius 2 is 1.14 bits per heavy atom. The van der Waals surface area contributed by atoms with Crippen LogP contribution in [-0.2, 0) is 8.85 Å². The average Bonchev–Trinajstić information content (AvgIpc) is 2.61. The third-order valence-electron chi connectivity index (χ3n) is 4.07. The molecule has 0 heterocycles. The first-order valence-corrected chi connectivity index (χ1v) is 9.72. The van der Waals surface area contributed by atoms with Gasteiger partial charge in [-0.15, -0.1) is 0 Å². The van der Waals surface area contributed by atoms with Crippen molar-refractivity contribution in [3.8, 4) is 0 Å². The Hall–Kier alpha value is -0.703. The van der Waals surface area contributed by atoms with Gasteiger partial charge in [0.2, 0.25) is 12.0 Å². The van der Waals surface area contributed by atoms with Crippen molar-refractivity contribution in [2.45, 2.75) is 67.9 Å². The Bertz CT molecular complexity index is 498. The highest BCUT2D eigenvalue weighted by atomic mass is 28.4. The van der Waals surface area contributed by atoms with Gasteiger partial charge in [0.1, 0.15) is 0 Å². The third kappa shape index (κ3) is 4.25. The van der Waals surface area contributed by atoms with Crippen LogP contribution in [0.3, 0.4) is 0 Å². The summed E-state index contributed by atoms with van der Waals surface area (Å²) in [6, 6.07) is -0.742. The maximum atomic E-state index is 14.4. The van der Waals surface area contributed by atoms with Gasteiger partial charge in [0.05, 0.1) is 0 Å². The minimum absolute atomic E-state index is 0.138. The fourth-order valence-electron chi connectivity index (χ4n) is 2.23. The van der Waals surface area contributed by atoms with Gasteiger partial charge in [0, 0.05) is 14.2 Å². The van der Waals surface area contributed by atoms with Crippen LogP contribution in [0, 0.1) is 0 Å². The number of halogens is 12. The van der Waals surface area contributed by atoms with E-state index in [1.165, 1.54) is 6.92 Å². The molecule has 0 aromatic heterocycles. The van der Waals surface area contributed by atoms with E-state index in [0.717, 1.165) is 0 Å². The summed E-state index contributed by atoms with van der Waals surface area (Å²) >= 11 is 0. The first-order chi connectivity index (χ1) is 12.4. The number of unbranched alkanes of at least 4 members (excludes halogenated alkanes) is 1. The lowest BCUT2D eigenvalue weighted by molar-refractivity contribution is -0.385. The van der Waals surface area contributed by atoms with Gasteiger partial charge in [-0.25, -0.2) is 17.6 Å². The van der Waals surface area contributed by atoms with E-state index in [9.17, 15) is 52.7 Å². The first-order valence-electron chi connectivity index (χ1n) is 7.62. The first kappa shape index (κ1) is 27.3. The minimum atomic E-state index is -7.38. The lowest BCUT2D eigenvalue weighted by Gasteiger charge is -2.41. The van der Waals surface area contributed by atoms with Crippen LogP contribution >= 0.6 is 0 Å². The Labute approximate surface area is 153 Å². The predicted molar refractivity (Wildman–Crippen MR) is 75.1 cm³/mol. The molecule has 2 nitrogen and oxygen atoms in total. The van der Waals surface area contributed by atoms with Gasteiger partial charge in [-0.1, -0.05) is 19.8 Å². The molecule has 0 bridgehead atoms. The molecule has 0 fully saturated rings. The Balaban J connectivity index is 6.27. The van der Waals surface area contributed by atoms with Crippen molar-refractivity contribution < 1.29 is 61.5 Å². The van der Waals surface area contributed by atoms with Crippen molar-refractivity contribution in [2.24, 2.45) is 0 Å². The number of hydrogen-bond acceptors (Lipinski definition) is 2. The van der Waals surface area contributed by atoms with Gasteiger partial charge < -0.3 is 8.85 Å². The van der Waals surface area contributed by atoms with Crippen molar-refractivity contribution in [1.82, 2.24) is 0 Å². The van der Waals surface area contributed by atoms with Gasteiger partial charge in [0.25, 0.3) is 6.43 Å². The van der Waals surface area contributed by atoms with Crippen LogP contribution in [0.15, 0.2) is 0 Å². The van der Waals surface area contributed by atoms with Crippen molar-refractivity contribution in [3.63, 3.8) is 0 Å². The second-order valence-electron chi connectivity index (χ2n) is 5.82. The fraction of sp³-hybridized carbons (Fsp3) is 1.00. The van der Waals surface area contributed by atoms with Crippen LogP contribution in [0.5, 0.6) is 0 Å². The van der Waals surface area contributed by atoms with E-state index in [2.05, 4.69) is 8.85 Å². The van der Waals surface area contributed by atoms with E-state index >= 15 is 0 Å². The van der Waals surface area contributed by atoms with Gasteiger partial charge in [-0.05, 0) is 6.04 Å². The molecular weight excluding hydrogens is 444 g/mol. The number of hydrogen-bond donors (Lipinski definition) is 0. The van der Waals surface area contributed by atoms with E-state index in [-0.39, 0.29) is 12.8 Å². The van der Waals surface area contributed by atoms with Crippen LogP contribution in [0.2, 0.25) is 6.04 Å². The quantitative estimate of drug-likeness (QED) is 0.280. The summed E-state index contributed by atoms with van der Waals surface area (Å²) in [4.78, 5) is 0. The molecule has 0 aliphatic heterocycles. The molecule has 0 spiro atoms. The second-order valence-corrected chi connectivity index (χ2v) is 9.26. The van der Waals surface area contributed by atoms with E-state index in [1.807, 2.05) is 0 Å². The van der Waals surface area contributed by atoms with Gasteiger partial charge in [-0.2, -0.15) is 35.1 Å². The molecule has 0 aromatic rings. The predicted octanol–water partition coefficient (Wildman–Crippen LogP) is 5.54. The van der Waals surface area contributed by atoms with E-state index in [4.69, 9.17) is 0 Å². The molecule has 0 saturated carbocycles. The van der Waals surface area contributed by atoms with Crippen LogP contribution in [0.4, 0.5) is 52.7 Å². The topological polar surface area (TPSA) is 18.5 Å². The summed E-state index contributed by atoms with van der Waals surface area (Å²) in [5.41, 5.74) is 0. The number of rotatable bonds is 12. The zero-order valence-electron chi connectivity index (χ0n) is 14.7. The van der Waals surface area contributed by atoms with Crippen LogP contribution < -0.4 is 0 Å². The van der Waals surface area contributed by atoms with Crippen molar-refractivity contribution in [2.75, 3.05) is 14.2 Å². The average molecular weight is 462 g/mol. The molecule has 0 aliphatic carbocycles. The molecule has 0 radical (unpaired) electrons. The maximum Gasteiger partial charge on any atom is 0.381 e. The molecule has 15 heteroatoms. The summed E-state index contributed by atoms with van der Waals surface area (Å²) in [6.07, 6.45) is -10.1. The Kier molecular flexibility index (Phi) is 8.75. The van der Waals surface area contributed by atoms with Crippen molar-refractivity contribution >= 4 is 8.56 Å². The smallest absolute Gasteiger partial charge is 0.381 e. The largest absolute Gasteiger partial charge is 0.396 e. The summed E-state index contributed by atoms with van der Waals surface area (Å²) in [5.74, 6) is -32.5. The monoisotopic (exact) mass is 462 g/mol. The molecule has 0 aromatic carbocycles. The number of alkyl halides is 12. The zero-order valence-corrected chi connectivity index (χ0v) is 15.7. The maximum absolute atomic E-state index is 14.4.